The molecule has 0 spiro atoms. The maximum Gasteiger partial charge on any atom is 0.187 e. The van der Waals surface area contributed by atoms with E-state index in [0.717, 1.165) is 0 Å². The van der Waals surface area contributed by atoms with Crippen LogP contribution in [-0.2, 0) is 66.6 Å². The molecular formula is C39H66O31. The largest absolute Gasteiger partial charge is 0.394 e. The Balaban J connectivity index is 1.21. The first kappa shape index (κ1) is 56.5. The molecule has 22 saturated heterocycles. The van der Waals surface area contributed by atoms with Crippen molar-refractivity contribution in [1.82, 2.24) is 0 Å². The Morgan fingerprint density at radius 1 is 0.286 bits per heavy atom. The van der Waals surface area contributed by atoms with E-state index in [9.17, 15) is 86.8 Å². The predicted octanol–water partition coefficient (Wildman–Crippen LogP) is -11.7. The topological polar surface area (TPSA) is 473 Å². The first-order valence-corrected chi connectivity index (χ1v) is 22.7. The second-order valence-corrected chi connectivity index (χ2v) is 17.7. The molecule has 0 aliphatic carbocycles. The summed E-state index contributed by atoms with van der Waals surface area (Å²) in [5.74, 6) is 0. The zero-order valence-electron chi connectivity index (χ0n) is 37.3. The first-order chi connectivity index (χ1) is 33.5. The van der Waals surface area contributed by atoms with Crippen molar-refractivity contribution >= 4 is 0 Å². The molecule has 22 fully saturated rings. The van der Waals surface area contributed by atoms with Gasteiger partial charge < -0.3 is 144 Å². The smallest absolute Gasteiger partial charge is 0.187 e. The Hall–Kier alpha value is -1.24. The summed E-state index contributed by atoms with van der Waals surface area (Å²) < 4.78 is 69.0. The lowest BCUT2D eigenvalue weighted by molar-refractivity contribution is -0.430. The van der Waals surface area contributed by atoms with E-state index in [0.29, 0.717) is 6.42 Å². The quantitative estimate of drug-likeness (QED) is 0.0549. The lowest BCUT2D eigenvalue weighted by Gasteiger charge is -2.50. The lowest BCUT2D eigenvalue weighted by atomic mass is 9.94. The number of aliphatic hydroxyl groups is 17. The standard InChI is InChI=1S/C39H66O31/c1-2-3-57-70-33-26(56)39-63-15(9-45)32(33)69-38-25(55)20(50)30(13(7-43)62-38)67-36-23(53)18(48)28(11(5-41)60-36)65-34-21(51)16(46)27(10(4-40)58-34)64-35-22(52)17(47)29(12(6-42)59-35)66-37-24(54)19(49)31(68-39)14(8-44)61-37/h10-56H,2-9H2,1H3/t10-,11-,12-,13-,14-,15-,16-,17-,18-,19-,20-,21-,22-,23-,24-,25-,26-,27-,28-,29-,30-,31-,32+,33-,34-,35-,36-,37-,38-,39-/m1/s1. The average Bonchev–Trinajstić information content (AvgIpc) is 3.35. The zero-order valence-corrected chi connectivity index (χ0v) is 37.3. The summed E-state index contributed by atoms with van der Waals surface area (Å²) >= 11 is 0. The van der Waals surface area contributed by atoms with Crippen LogP contribution in [0.1, 0.15) is 13.3 Å². The minimum Gasteiger partial charge on any atom is -0.394 e. The molecule has 12 bridgehead atoms. The summed E-state index contributed by atoms with van der Waals surface area (Å²) in [6, 6.07) is 0. The molecule has 0 radical (unpaired) electrons. The molecule has 0 aromatic heterocycles. The van der Waals surface area contributed by atoms with Crippen molar-refractivity contribution in [3.8, 4) is 0 Å². The molecular weight excluding hydrogens is 964 g/mol. The number of hydrogen-bond acceptors (Lipinski definition) is 31. The third-order valence-corrected chi connectivity index (χ3v) is 13.1. The Morgan fingerprint density at radius 3 is 0.729 bits per heavy atom. The van der Waals surface area contributed by atoms with Crippen LogP contribution >= 0.6 is 0 Å². The van der Waals surface area contributed by atoms with Crippen molar-refractivity contribution in [2.45, 2.75) is 198 Å². The molecule has 22 aliphatic rings. The third kappa shape index (κ3) is 11.3. The molecule has 22 heterocycles. The molecule has 22 rings (SSSR count). The average molecular weight is 1030 g/mol. The number of hydrogen-bond donors (Lipinski definition) is 17. The van der Waals surface area contributed by atoms with Gasteiger partial charge in [0, 0.05) is 0 Å². The van der Waals surface area contributed by atoms with Gasteiger partial charge in [-0.15, -0.1) is 0 Å². The molecule has 408 valence electrons. The van der Waals surface area contributed by atoms with Crippen LogP contribution in [0.4, 0.5) is 0 Å². The first-order valence-electron chi connectivity index (χ1n) is 22.7. The molecule has 0 saturated carbocycles. The van der Waals surface area contributed by atoms with Gasteiger partial charge in [-0.1, -0.05) is 6.92 Å². The van der Waals surface area contributed by atoms with Crippen molar-refractivity contribution < 1.29 is 153 Å². The van der Waals surface area contributed by atoms with Gasteiger partial charge in [-0.25, -0.2) is 9.78 Å². The third-order valence-electron chi connectivity index (χ3n) is 13.1. The highest BCUT2D eigenvalue weighted by atomic mass is 17.2. The van der Waals surface area contributed by atoms with Crippen molar-refractivity contribution in [2.75, 3.05) is 46.2 Å². The number of ether oxygens (including phenoxy) is 12. The van der Waals surface area contributed by atoms with Gasteiger partial charge in [0.2, 0.25) is 0 Å². The van der Waals surface area contributed by atoms with Crippen LogP contribution in [0.3, 0.4) is 0 Å². The second kappa shape index (κ2) is 24.6. The zero-order chi connectivity index (χ0) is 50.9. The van der Waals surface area contributed by atoms with Crippen LogP contribution in [0.15, 0.2) is 0 Å². The van der Waals surface area contributed by atoms with Gasteiger partial charge in [0.15, 0.2) is 43.8 Å². The van der Waals surface area contributed by atoms with Gasteiger partial charge in [-0.05, 0) is 6.42 Å². The van der Waals surface area contributed by atoms with E-state index in [1.807, 2.05) is 0 Å². The second-order valence-electron chi connectivity index (χ2n) is 17.7. The Bertz CT molecular complexity index is 1580. The summed E-state index contributed by atoms with van der Waals surface area (Å²) in [7, 11) is 0. The van der Waals surface area contributed by atoms with Gasteiger partial charge in [-0.3, -0.25) is 0 Å². The minimum absolute atomic E-state index is 0.0746. The van der Waals surface area contributed by atoms with Crippen LogP contribution in [0.25, 0.3) is 0 Å². The van der Waals surface area contributed by atoms with Crippen LogP contribution < -0.4 is 0 Å². The molecule has 0 aromatic carbocycles. The molecule has 0 aromatic rings. The number of rotatable bonds is 10. The van der Waals surface area contributed by atoms with E-state index >= 15 is 0 Å². The van der Waals surface area contributed by atoms with E-state index in [4.69, 9.17) is 66.6 Å². The van der Waals surface area contributed by atoms with E-state index < -0.39 is 224 Å². The maximum absolute atomic E-state index is 11.7. The van der Waals surface area contributed by atoms with Crippen LogP contribution in [0.5, 0.6) is 0 Å². The SMILES string of the molecule is CCCOO[C@@H]1[C@@H](O)[C@H]2O[C@H]3[C@H](O)[C@@H](O)[C@@H](O[C@H]4[C@H](O)[C@@H](O)[C@@H](O[C@H]5[C@H](O)[C@@H](O)[C@@H](O[C@H]6[C@H](O)[C@@H](O)[C@@H](O[C@H]7[C@H](O)[C@@H](O)[C@@H](O[C@H]1[C@@H](CO)O2)O[C@@H]7CO)O[C@@H]6CO)O[C@@H]5CO)O[C@@H]4CO)O[C@@H]3CO. The highest BCUT2D eigenvalue weighted by Crippen LogP contribution is 2.38. The summed E-state index contributed by atoms with van der Waals surface area (Å²) in [6.45, 7) is -4.29. The van der Waals surface area contributed by atoms with Crippen LogP contribution in [0, 0.1) is 0 Å². The van der Waals surface area contributed by atoms with Crippen molar-refractivity contribution in [3.05, 3.63) is 0 Å². The normalized spacial score (nSPS) is 52.9. The van der Waals surface area contributed by atoms with E-state index in [1.54, 1.807) is 6.92 Å². The van der Waals surface area contributed by atoms with Crippen molar-refractivity contribution in [1.29, 1.82) is 0 Å². The van der Waals surface area contributed by atoms with E-state index in [2.05, 4.69) is 0 Å². The highest BCUT2D eigenvalue weighted by molar-refractivity contribution is 5.01. The van der Waals surface area contributed by atoms with Crippen LogP contribution in [0.2, 0.25) is 0 Å². The Morgan fingerprint density at radius 2 is 0.500 bits per heavy atom. The van der Waals surface area contributed by atoms with Gasteiger partial charge in [0.25, 0.3) is 0 Å². The molecule has 31 nitrogen and oxygen atoms in total. The van der Waals surface area contributed by atoms with Gasteiger partial charge >= 0.3 is 0 Å². The van der Waals surface area contributed by atoms with Gasteiger partial charge in [0.05, 0.1) is 46.2 Å². The Labute approximate surface area is 397 Å². The van der Waals surface area contributed by atoms with Crippen molar-refractivity contribution in [3.63, 3.8) is 0 Å². The number of aliphatic hydroxyl groups excluding tert-OH is 17. The molecule has 30 atom stereocenters. The summed E-state index contributed by atoms with van der Waals surface area (Å²) in [6.07, 6.45) is -57.3. The van der Waals surface area contributed by atoms with Crippen molar-refractivity contribution in [2.24, 2.45) is 0 Å². The predicted molar refractivity (Wildman–Crippen MR) is 211 cm³/mol. The van der Waals surface area contributed by atoms with E-state index in [1.165, 1.54) is 0 Å². The van der Waals surface area contributed by atoms with Crippen LogP contribution in [-0.4, -0.2) is 317 Å². The maximum atomic E-state index is 11.7. The molecule has 0 unspecified atom stereocenters. The fourth-order valence-electron chi connectivity index (χ4n) is 9.23. The minimum atomic E-state index is -2.15. The molecule has 0 amide bonds. The monoisotopic (exact) mass is 1030 g/mol. The molecule has 31 heteroatoms. The van der Waals surface area contributed by atoms with E-state index in [-0.39, 0.29) is 6.61 Å². The summed E-state index contributed by atoms with van der Waals surface area (Å²) in [4.78, 5) is 10.7. The molecule has 22 aliphatic heterocycles. The fraction of sp³-hybridized carbons (Fsp3) is 1.00. The summed E-state index contributed by atoms with van der Waals surface area (Å²) in [5.41, 5.74) is 0. The molecule has 17 N–H and O–H groups in total. The summed E-state index contributed by atoms with van der Waals surface area (Å²) in [5, 5.41) is 187. The fourth-order valence-corrected chi connectivity index (χ4v) is 9.23. The van der Waals surface area contributed by atoms with Gasteiger partial charge in [0.1, 0.15) is 140 Å². The Kier molecular flexibility index (Phi) is 19.9. The van der Waals surface area contributed by atoms with Gasteiger partial charge in [-0.2, -0.15) is 0 Å². The highest BCUT2D eigenvalue weighted by Gasteiger charge is 2.59. The lowest BCUT2D eigenvalue weighted by Crippen LogP contribution is -2.69. The molecule has 70 heavy (non-hydrogen) atoms.